The van der Waals surface area contributed by atoms with Crippen LogP contribution in [0.3, 0.4) is 0 Å². The summed E-state index contributed by atoms with van der Waals surface area (Å²) in [5.41, 5.74) is 4.13. The van der Waals surface area contributed by atoms with Gasteiger partial charge in [-0.2, -0.15) is 0 Å². The molecule has 10 heteroatoms. The molecule has 0 unspecified atom stereocenters. The van der Waals surface area contributed by atoms with Crippen molar-refractivity contribution in [2.45, 2.75) is 63.8 Å². The number of aliphatic carboxylic acids is 1. The third kappa shape index (κ3) is 8.12. The Balaban J connectivity index is 1.44. The van der Waals surface area contributed by atoms with Gasteiger partial charge >= 0.3 is 24.1 Å². The fraction of sp³-hybridized carbons (Fsp3) is 0.333. The summed E-state index contributed by atoms with van der Waals surface area (Å²) in [6.45, 7) is 6.28. The number of fused-ring (bicyclic) bond motifs is 3. The molecule has 0 saturated heterocycles. The highest BCUT2D eigenvalue weighted by Gasteiger charge is 2.34. The van der Waals surface area contributed by atoms with Crippen LogP contribution in [0.5, 0.6) is 0 Å². The predicted octanol–water partition coefficient (Wildman–Crippen LogP) is 5.05. The van der Waals surface area contributed by atoms with E-state index in [-0.39, 0.29) is 18.9 Å². The Kier molecular flexibility index (Phi) is 9.70. The van der Waals surface area contributed by atoms with Crippen molar-refractivity contribution >= 4 is 24.1 Å². The lowest BCUT2D eigenvalue weighted by Gasteiger charge is -2.26. The van der Waals surface area contributed by atoms with Crippen LogP contribution in [0.2, 0.25) is 0 Å². The topological polar surface area (TPSA) is 140 Å². The summed E-state index contributed by atoms with van der Waals surface area (Å²) in [6, 6.07) is 22.0. The van der Waals surface area contributed by atoms with Crippen molar-refractivity contribution in [2.24, 2.45) is 0 Å². The number of alkyl carbamates (subject to hydrolysis) is 2. The number of carboxylic acids is 1. The third-order valence-corrected chi connectivity index (χ3v) is 6.91. The molecule has 0 aliphatic heterocycles. The molecule has 226 valence electrons. The number of hydrogen-bond donors (Lipinski definition) is 3. The van der Waals surface area contributed by atoms with E-state index in [1.807, 2.05) is 54.6 Å². The maximum atomic E-state index is 13.3. The first-order valence-electron chi connectivity index (χ1n) is 14.0. The van der Waals surface area contributed by atoms with Crippen LogP contribution in [0, 0.1) is 0 Å². The van der Waals surface area contributed by atoms with E-state index in [9.17, 15) is 24.3 Å². The van der Waals surface area contributed by atoms with Gasteiger partial charge in [0, 0.05) is 12.3 Å². The summed E-state index contributed by atoms with van der Waals surface area (Å²) in [5, 5.41) is 14.5. The van der Waals surface area contributed by atoms with E-state index in [4.69, 9.17) is 14.2 Å². The third-order valence-electron chi connectivity index (χ3n) is 6.91. The molecule has 2 amide bonds. The van der Waals surface area contributed by atoms with E-state index >= 15 is 0 Å². The molecule has 0 radical (unpaired) electrons. The van der Waals surface area contributed by atoms with E-state index < -0.39 is 47.9 Å². The van der Waals surface area contributed by atoms with Crippen molar-refractivity contribution in [2.75, 3.05) is 6.61 Å². The summed E-state index contributed by atoms with van der Waals surface area (Å²) >= 11 is 0. The Bertz CT molecular complexity index is 1420. The SMILES string of the molecule is C[C@@H](OC(=O)[C@H](Cc1ccccc1)NC(=O)OCC1c2ccccc2-c2ccccc21)[C@H](NC(=O)OC(C)(C)C)C(=O)O. The van der Waals surface area contributed by atoms with Crippen LogP contribution in [-0.4, -0.2) is 59.6 Å². The number of nitrogens with one attached hydrogen (secondary N) is 2. The Morgan fingerprint density at radius 3 is 1.93 bits per heavy atom. The number of carboxylic acid groups (broad SMARTS) is 1. The Hall–Kier alpha value is -4.86. The number of rotatable bonds is 10. The van der Waals surface area contributed by atoms with E-state index in [2.05, 4.69) is 10.6 Å². The summed E-state index contributed by atoms with van der Waals surface area (Å²) < 4.78 is 16.2. The summed E-state index contributed by atoms with van der Waals surface area (Å²) in [7, 11) is 0. The van der Waals surface area contributed by atoms with Gasteiger partial charge in [-0.1, -0.05) is 78.9 Å². The van der Waals surface area contributed by atoms with Gasteiger partial charge in [0.05, 0.1) is 0 Å². The average Bonchev–Trinajstić information content (AvgIpc) is 3.27. The summed E-state index contributed by atoms with van der Waals surface area (Å²) in [5.74, 6) is -2.48. The highest BCUT2D eigenvalue weighted by molar-refractivity contribution is 5.84. The molecule has 3 atom stereocenters. The van der Waals surface area contributed by atoms with Gasteiger partial charge in [-0.25, -0.2) is 19.2 Å². The van der Waals surface area contributed by atoms with E-state index in [1.165, 1.54) is 6.92 Å². The molecule has 10 nitrogen and oxygen atoms in total. The molecule has 0 spiro atoms. The number of carbonyl (C=O) groups excluding carboxylic acids is 3. The smallest absolute Gasteiger partial charge is 0.408 e. The molecule has 4 rings (SSSR count). The molecular formula is C33H36N2O8. The average molecular weight is 589 g/mol. The van der Waals surface area contributed by atoms with Crippen molar-refractivity contribution in [3.05, 3.63) is 95.6 Å². The van der Waals surface area contributed by atoms with Crippen molar-refractivity contribution in [3.8, 4) is 11.1 Å². The molecule has 0 bridgehead atoms. The van der Waals surface area contributed by atoms with E-state index in [0.29, 0.717) is 0 Å². The van der Waals surface area contributed by atoms with Gasteiger partial charge in [-0.3, -0.25) is 0 Å². The second kappa shape index (κ2) is 13.4. The first-order chi connectivity index (χ1) is 20.4. The van der Waals surface area contributed by atoms with Crippen molar-refractivity contribution in [1.82, 2.24) is 10.6 Å². The fourth-order valence-corrected chi connectivity index (χ4v) is 4.97. The lowest BCUT2D eigenvalue weighted by atomic mass is 9.98. The van der Waals surface area contributed by atoms with Crippen LogP contribution in [-0.2, 0) is 30.2 Å². The molecule has 1 aliphatic carbocycles. The van der Waals surface area contributed by atoms with Crippen LogP contribution >= 0.6 is 0 Å². The number of carbonyl (C=O) groups is 4. The minimum absolute atomic E-state index is 0.0459. The van der Waals surface area contributed by atoms with Gasteiger partial charge in [0.25, 0.3) is 0 Å². The zero-order valence-corrected chi connectivity index (χ0v) is 24.5. The quantitative estimate of drug-likeness (QED) is 0.221. The monoisotopic (exact) mass is 588 g/mol. The second-order valence-corrected chi connectivity index (χ2v) is 11.3. The Morgan fingerprint density at radius 1 is 0.814 bits per heavy atom. The van der Waals surface area contributed by atoms with Gasteiger partial charge in [0.1, 0.15) is 24.4 Å². The number of amides is 2. The van der Waals surface area contributed by atoms with Gasteiger partial charge in [-0.15, -0.1) is 0 Å². The lowest BCUT2D eigenvalue weighted by molar-refractivity contribution is -0.156. The van der Waals surface area contributed by atoms with Crippen LogP contribution < -0.4 is 10.6 Å². The number of ether oxygens (including phenoxy) is 3. The molecule has 0 saturated carbocycles. The van der Waals surface area contributed by atoms with Crippen LogP contribution in [0.15, 0.2) is 78.9 Å². The molecule has 1 aliphatic rings. The predicted molar refractivity (Wildman–Crippen MR) is 158 cm³/mol. The van der Waals surface area contributed by atoms with Crippen molar-refractivity contribution < 1.29 is 38.5 Å². The van der Waals surface area contributed by atoms with Crippen molar-refractivity contribution in [1.29, 1.82) is 0 Å². The molecule has 43 heavy (non-hydrogen) atoms. The minimum atomic E-state index is -1.59. The van der Waals surface area contributed by atoms with Gasteiger partial charge in [-0.05, 0) is 55.5 Å². The van der Waals surface area contributed by atoms with Crippen LogP contribution in [0.1, 0.15) is 50.3 Å². The number of hydrogen-bond acceptors (Lipinski definition) is 7. The maximum Gasteiger partial charge on any atom is 0.408 e. The van der Waals surface area contributed by atoms with Crippen LogP contribution in [0.4, 0.5) is 9.59 Å². The molecular weight excluding hydrogens is 552 g/mol. The molecule has 3 N–H and O–H groups in total. The highest BCUT2D eigenvalue weighted by Crippen LogP contribution is 2.44. The second-order valence-electron chi connectivity index (χ2n) is 11.3. The largest absolute Gasteiger partial charge is 0.480 e. The maximum absolute atomic E-state index is 13.3. The van der Waals surface area contributed by atoms with Crippen molar-refractivity contribution in [3.63, 3.8) is 0 Å². The standard InChI is InChI=1S/C33H36N2O8/c1-20(28(29(36)37)35-32(40)43-33(2,3)4)42-30(38)27(18-21-12-6-5-7-13-21)34-31(39)41-19-26-24-16-10-8-14-22(24)23-15-9-11-17-25(23)26/h5-17,20,26-28H,18-19H2,1-4H3,(H,34,39)(H,35,40)(H,36,37)/t20-,27+,28+/m1/s1. The fourth-order valence-electron chi connectivity index (χ4n) is 4.97. The lowest BCUT2D eigenvalue weighted by Crippen LogP contribution is -2.52. The summed E-state index contributed by atoms with van der Waals surface area (Å²) in [6.07, 6.45) is -3.03. The number of benzene rings is 3. The zero-order chi connectivity index (χ0) is 31.1. The molecule has 0 fully saturated rings. The molecule has 0 aromatic heterocycles. The van der Waals surface area contributed by atoms with Crippen LogP contribution in [0.25, 0.3) is 11.1 Å². The van der Waals surface area contributed by atoms with E-state index in [0.717, 1.165) is 27.8 Å². The first kappa shape index (κ1) is 31.1. The van der Waals surface area contributed by atoms with Gasteiger partial charge in [0.15, 0.2) is 6.04 Å². The molecule has 3 aromatic rings. The van der Waals surface area contributed by atoms with Gasteiger partial charge in [0.2, 0.25) is 0 Å². The normalized spacial score (nSPS) is 14.3. The summed E-state index contributed by atoms with van der Waals surface area (Å²) in [4.78, 5) is 50.4. The molecule has 0 heterocycles. The first-order valence-corrected chi connectivity index (χ1v) is 14.0. The minimum Gasteiger partial charge on any atom is -0.480 e. The van der Waals surface area contributed by atoms with Gasteiger partial charge < -0.3 is 30.0 Å². The Labute approximate surface area is 250 Å². The molecule has 3 aromatic carbocycles. The zero-order valence-electron chi connectivity index (χ0n) is 24.5. The highest BCUT2D eigenvalue weighted by atomic mass is 16.6. The Morgan fingerprint density at radius 2 is 1.37 bits per heavy atom. The van der Waals surface area contributed by atoms with E-state index in [1.54, 1.807) is 45.0 Å². The number of esters is 1.